The van der Waals surface area contributed by atoms with Gasteiger partial charge in [-0.1, -0.05) is 22.6 Å². The zero-order valence-corrected chi connectivity index (χ0v) is 9.40. The molecule has 2 fully saturated rings. The molecule has 2 unspecified atom stereocenters. The van der Waals surface area contributed by atoms with E-state index in [1.807, 2.05) is 0 Å². The smallest absolute Gasteiger partial charge is 0.0522 e. The Labute approximate surface area is 87.6 Å². The Morgan fingerprint density at radius 1 is 1.33 bits per heavy atom. The lowest BCUT2D eigenvalue weighted by Crippen LogP contribution is -2.43. The van der Waals surface area contributed by atoms with Crippen molar-refractivity contribution in [2.75, 3.05) is 4.55 Å². The largest absolute Gasteiger partial charge is 0.298 e. The van der Waals surface area contributed by atoms with Crippen molar-refractivity contribution in [1.29, 1.82) is 0 Å². The van der Waals surface area contributed by atoms with Gasteiger partial charge in [0.1, 0.15) is 0 Å². The lowest BCUT2D eigenvalue weighted by molar-refractivity contribution is 0.160. The second kappa shape index (κ2) is 3.62. The highest BCUT2D eigenvalue weighted by Crippen LogP contribution is 2.36. The highest BCUT2D eigenvalue weighted by atomic mass is 127. The van der Waals surface area contributed by atoms with Gasteiger partial charge in [-0.3, -0.25) is 9.89 Å². The number of alkyl halides is 1. The van der Waals surface area contributed by atoms with Crippen molar-refractivity contribution in [3.05, 3.63) is 0 Å². The molecule has 0 aromatic carbocycles. The van der Waals surface area contributed by atoms with E-state index in [1.165, 1.54) is 30.2 Å². The van der Waals surface area contributed by atoms with Crippen molar-refractivity contribution < 1.29 is 0 Å². The number of halogens is 1. The molecule has 0 spiro atoms. The number of fused-ring (bicyclic) bond motifs is 2. The molecule has 2 nitrogen and oxygen atoms in total. The lowest BCUT2D eigenvalue weighted by Gasteiger charge is -2.36. The predicted molar refractivity (Wildman–Crippen MR) is 60.1 cm³/mol. The number of rotatable bonds is 2. The molecule has 0 radical (unpaired) electrons. The molecule has 0 aliphatic carbocycles. The van der Waals surface area contributed by atoms with Crippen LogP contribution in [0.15, 0.2) is 4.99 Å². The first-order chi connectivity index (χ1) is 5.85. The third-order valence-corrected chi connectivity index (χ3v) is 4.04. The Morgan fingerprint density at radius 2 is 1.92 bits per heavy atom. The fraction of sp³-hybridized carbons (Fsp3) is 0.889. The predicted octanol–water partition coefficient (Wildman–Crippen LogP) is 2.07. The third-order valence-electron chi connectivity index (χ3n) is 3.26. The van der Waals surface area contributed by atoms with Crippen LogP contribution in [0.1, 0.15) is 25.7 Å². The van der Waals surface area contributed by atoms with Crippen molar-refractivity contribution in [3.63, 3.8) is 0 Å². The molecule has 2 saturated heterocycles. The minimum absolute atomic E-state index is 0.557. The highest BCUT2D eigenvalue weighted by Gasteiger charge is 2.39. The standard InChI is InChI=1S/C9H15IN2/c1-11-7-4-8-2-3-9(5-7)12(8)6-10/h7-9H,1-6H2. The highest BCUT2D eigenvalue weighted by molar-refractivity contribution is 14.1. The summed E-state index contributed by atoms with van der Waals surface area (Å²) in [5.74, 6) is 0. The zero-order chi connectivity index (χ0) is 8.55. The maximum atomic E-state index is 4.18. The summed E-state index contributed by atoms with van der Waals surface area (Å²) in [4.78, 5) is 6.82. The van der Waals surface area contributed by atoms with Gasteiger partial charge in [0.25, 0.3) is 0 Å². The van der Waals surface area contributed by atoms with E-state index in [0.717, 1.165) is 12.1 Å². The van der Waals surface area contributed by atoms with Gasteiger partial charge in [-0.05, 0) is 32.4 Å². The van der Waals surface area contributed by atoms with E-state index in [9.17, 15) is 0 Å². The van der Waals surface area contributed by atoms with Crippen molar-refractivity contribution >= 4 is 29.3 Å². The first-order valence-electron chi connectivity index (χ1n) is 4.62. The van der Waals surface area contributed by atoms with Gasteiger partial charge >= 0.3 is 0 Å². The van der Waals surface area contributed by atoms with Gasteiger partial charge in [-0.15, -0.1) is 0 Å². The quantitative estimate of drug-likeness (QED) is 0.327. The Morgan fingerprint density at radius 3 is 2.33 bits per heavy atom. The van der Waals surface area contributed by atoms with Gasteiger partial charge in [0.2, 0.25) is 0 Å². The van der Waals surface area contributed by atoms with Gasteiger partial charge < -0.3 is 0 Å². The third kappa shape index (κ3) is 1.41. The van der Waals surface area contributed by atoms with Gasteiger partial charge in [0, 0.05) is 12.1 Å². The van der Waals surface area contributed by atoms with Crippen LogP contribution in [0.2, 0.25) is 0 Å². The summed E-state index contributed by atoms with van der Waals surface area (Å²) in [7, 11) is 0. The van der Waals surface area contributed by atoms with E-state index < -0.39 is 0 Å². The van der Waals surface area contributed by atoms with Gasteiger partial charge in [0.15, 0.2) is 0 Å². The number of nitrogens with zero attached hydrogens (tertiary/aromatic N) is 2. The number of hydrogen-bond acceptors (Lipinski definition) is 2. The number of hydrogen-bond donors (Lipinski definition) is 0. The second-order valence-corrected chi connectivity index (χ2v) is 4.51. The molecule has 2 heterocycles. The van der Waals surface area contributed by atoms with Gasteiger partial charge in [0.05, 0.1) is 10.6 Å². The number of piperidine rings is 1. The molecule has 2 atom stereocenters. The second-order valence-electron chi connectivity index (χ2n) is 3.83. The molecule has 0 saturated carbocycles. The summed E-state index contributed by atoms with van der Waals surface area (Å²) in [5, 5.41) is 0. The zero-order valence-electron chi connectivity index (χ0n) is 7.25. The minimum Gasteiger partial charge on any atom is -0.298 e. The Hall–Kier alpha value is 0.360. The summed E-state index contributed by atoms with van der Waals surface area (Å²) >= 11 is 2.48. The molecule has 68 valence electrons. The van der Waals surface area contributed by atoms with Gasteiger partial charge in [-0.25, -0.2) is 0 Å². The van der Waals surface area contributed by atoms with E-state index >= 15 is 0 Å². The first kappa shape index (κ1) is 8.94. The molecule has 2 aliphatic rings. The summed E-state index contributed by atoms with van der Waals surface area (Å²) in [6, 6.07) is 2.19. The Kier molecular flexibility index (Phi) is 2.69. The van der Waals surface area contributed by atoms with Crippen LogP contribution in [-0.4, -0.2) is 34.3 Å². The van der Waals surface area contributed by atoms with E-state index in [-0.39, 0.29) is 0 Å². The summed E-state index contributed by atoms with van der Waals surface area (Å²) in [5.41, 5.74) is 0. The minimum atomic E-state index is 0.557. The van der Waals surface area contributed by atoms with Gasteiger partial charge in [-0.2, -0.15) is 0 Å². The Bertz CT molecular complexity index is 169. The molecule has 3 heteroatoms. The fourth-order valence-electron chi connectivity index (χ4n) is 2.59. The van der Waals surface area contributed by atoms with Crippen LogP contribution < -0.4 is 0 Å². The van der Waals surface area contributed by atoms with Crippen molar-refractivity contribution in [1.82, 2.24) is 4.90 Å². The molecule has 2 rings (SSSR count). The van der Waals surface area contributed by atoms with E-state index in [2.05, 4.69) is 39.2 Å². The van der Waals surface area contributed by atoms with Crippen LogP contribution in [0.25, 0.3) is 0 Å². The van der Waals surface area contributed by atoms with Crippen LogP contribution in [0.5, 0.6) is 0 Å². The van der Waals surface area contributed by atoms with Crippen LogP contribution in [0.4, 0.5) is 0 Å². The topological polar surface area (TPSA) is 15.6 Å². The van der Waals surface area contributed by atoms with Crippen molar-refractivity contribution in [2.45, 2.75) is 43.8 Å². The average Bonchev–Trinajstić information content (AvgIpc) is 2.35. The normalized spacial score (nSPS) is 41.6. The maximum absolute atomic E-state index is 4.18. The number of aliphatic imine (C=N–C) groups is 1. The summed E-state index contributed by atoms with van der Waals surface area (Å²) in [6.07, 6.45) is 5.28. The first-order valence-corrected chi connectivity index (χ1v) is 6.15. The molecule has 0 aromatic heterocycles. The van der Waals surface area contributed by atoms with Crippen LogP contribution in [-0.2, 0) is 0 Å². The van der Waals surface area contributed by atoms with Crippen LogP contribution in [0.3, 0.4) is 0 Å². The van der Waals surface area contributed by atoms with E-state index in [4.69, 9.17) is 0 Å². The van der Waals surface area contributed by atoms with Crippen LogP contribution >= 0.6 is 22.6 Å². The SMILES string of the molecule is C=NC1CC2CCC(C1)N2CI. The maximum Gasteiger partial charge on any atom is 0.0522 e. The fourth-order valence-corrected chi connectivity index (χ4v) is 3.70. The van der Waals surface area contributed by atoms with Crippen LogP contribution in [0, 0.1) is 0 Å². The molecule has 0 N–H and O–H groups in total. The van der Waals surface area contributed by atoms with E-state index in [1.54, 1.807) is 0 Å². The Balaban J connectivity index is 2.06. The molecule has 0 amide bonds. The molecule has 12 heavy (non-hydrogen) atoms. The molecular formula is C9H15IN2. The molecule has 0 aromatic rings. The summed E-state index contributed by atoms with van der Waals surface area (Å²) < 4.78 is 1.19. The monoisotopic (exact) mass is 278 g/mol. The lowest BCUT2D eigenvalue weighted by atomic mass is 9.99. The molecular weight excluding hydrogens is 263 g/mol. The summed E-state index contributed by atoms with van der Waals surface area (Å²) in [6.45, 7) is 3.66. The van der Waals surface area contributed by atoms with Crippen molar-refractivity contribution in [3.8, 4) is 0 Å². The molecule has 2 aliphatic heterocycles. The van der Waals surface area contributed by atoms with Crippen molar-refractivity contribution in [2.24, 2.45) is 4.99 Å². The molecule has 2 bridgehead atoms. The average molecular weight is 278 g/mol. The van der Waals surface area contributed by atoms with E-state index in [0.29, 0.717) is 6.04 Å².